The maximum absolute atomic E-state index is 12.0. The summed E-state index contributed by atoms with van der Waals surface area (Å²) in [6.45, 7) is 5.07. The van der Waals surface area contributed by atoms with E-state index in [-0.39, 0.29) is 5.78 Å². The number of aryl methyl sites for hydroxylation is 1. The molecule has 1 aromatic rings. The van der Waals surface area contributed by atoms with E-state index in [9.17, 15) is 4.79 Å². The van der Waals surface area contributed by atoms with Gasteiger partial charge in [0, 0.05) is 19.2 Å². The van der Waals surface area contributed by atoms with Crippen LogP contribution in [0.2, 0.25) is 0 Å². The number of nitrogens with one attached hydrogen (secondary N) is 1. The highest BCUT2D eigenvalue weighted by Gasteiger charge is 2.18. The van der Waals surface area contributed by atoms with Gasteiger partial charge in [-0.15, -0.1) is 0 Å². The van der Waals surface area contributed by atoms with Crippen LogP contribution in [0, 0.1) is 5.92 Å². The van der Waals surface area contributed by atoms with Gasteiger partial charge in [-0.1, -0.05) is 6.92 Å². The van der Waals surface area contributed by atoms with E-state index in [0.717, 1.165) is 31.6 Å². The number of ketones is 1. The summed E-state index contributed by atoms with van der Waals surface area (Å²) in [6.07, 6.45) is 7.64. The van der Waals surface area contributed by atoms with Gasteiger partial charge in [-0.3, -0.25) is 9.48 Å². The van der Waals surface area contributed by atoms with Gasteiger partial charge in [0.1, 0.15) is 0 Å². The molecular formula is C13H21N3O. The number of hydrogen-bond acceptors (Lipinski definition) is 3. The molecule has 0 bridgehead atoms. The van der Waals surface area contributed by atoms with Crippen molar-refractivity contribution in [2.45, 2.75) is 39.2 Å². The van der Waals surface area contributed by atoms with Crippen molar-refractivity contribution in [3.63, 3.8) is 0 Å². The Kier molecular flexibility index (Phi) is 4.31. The van der Waals surface area contributed by atoms with E-state index in [2.05, 4.69) is 17.3 Å². The lowest BCUT2D eigenvalue weighted by atomic mass is 9.93. The first-order valence-corrected chi connectivity index (χ1v) is 6.56. The summed E-state index contributed by atoms with van der Waals surface area (Å²) in [7, 11) is 0. The molecule has 2 rings (SSSR count). The molecule has 1 N–H and O–H groups in total. The Morgan fingerprint density at radius 3 is 3.24 bits per heavy atom. The van der Waals surface area contributed by atoms with E-state index < -0.39 is 0 Å². The summed E-state index contributed by atoms with van der Waals surface area (Å²) in [5, 5.41) is 7.54. The van der Waals surface area contributed by atoms with E-state index in [1.54, 1.807) is 6.20 Å². The number of hydrogen-bond donors (Lipinski definition) is 1. The Labute approximate surface area is 102 Å². The van der Waals surface area contributed by atoms with Gasteiger partial charge in [0.15, 0.2) is 5.78 Å². The van der Waals surface area contributed by atoms with Gasteiger partial charge in [0.2, 0.25) is 0 Å². The van der Waals surface area contributed by atoms with Crippen LogP contribution in [0.4, 0.5) is 0 Å². The third-order valence-corrected chi connectivity index (χ3v) is 3.28. The first-order chi connectivity index (χ1) is 8.29. The van der Waals surface area contributed by atoms with Gasteiger partial charge in [-0.25, -0.2) is 0 Å². The van der Waals surface area contributed by atoms with Crippen molar-refractivity contribution < 1.29 is 4.79 Å². The lowest BCUT2D eigenvalue weighted by molar-refractivity contribution is 0.0953. The van der Waals surface area contributed by atoms with Gasteiger partial charge < -0.3 is 5.32 Å². The zero-order valence-corrected chi connectivity index (χ0v) is 10.5. The fourth-order valence-corrected chi connectivity index (χ4v) is 2.34. The minimum atomic E-state index is 0.237. The number of carbonyl (C=O) groups is 1. The van der Waals surface area contributed by atoms with Crippen LogP contribution >= 0.6 is 0 Å². The first-order valence-electron chi connectivity index (χ1n) is 6.56. The van der Waals surface area contributed by atoms with Crippen molar-refractivity contribution in [3.05, 3.63) is 18.0 Å². The smallest absolute Gasteiger partial charge is 0.166 e. The lowest BCUT2D eigenvalue weighted by Crippen LogP contribution is -2.31. The van der Waals surface area contributed by atoms with E-state index >= 15 is 0 Å². The van der Waals surface area contributed by atoms with E-state index in [1.165, 1.54) is 12.8 Å². The zero-order chi connectivity index (χ0) is 12.1. The molecule has 1 aromatic heterocycles. The van der Waals surface area contributed by atoms with Crippen molar-refractivity contribution in [2.75, 3.05) is 13.1 Å². The van der Waals surface area contributed by atoms with Gasteiger partial charge >= 0.3 is 0 Å². The molecule has 1 aliphatic heterocycles. The Hall–Kier alpha value is -1.16. The Bertz CT molecular complexity index is 366. The Morgan fingerprint density at radius 2 is 2.53 bits per heavy atom. The molecule has 0 amide bonds. The quantitative estimate of drug-likeness (QED) is 0.792. The van der Waals surface area contributed by atoms with Crippen LogP contribution < -0.4 is 5.32 Å². The molecule has 0 radical (unpaired) electrons. The number of rotatable bonds is 5. The van der Waals surface area contributed by atoms with Crippen LogP contribution in [0.3, 0.4) is 0 Å². The summed E-state index contributed by atoms with van der Waals surface area (Å²) in [6, 6.07) is 0. The van der Waals surface area contributed by atoms with Crippen molar-refractivity contribution in [2.24, 2.45) is 5.92 Å². The van der Waals surface area contributed by atoms with Gasteiger partial charge in [-0.05, 0) is 38.3 Å². The molecule has 1 unspecified atom stereocenters. The molecule has 0 aliphatic carbocycles. The minimum absolute atomic E-state index is 0.237. The number of Topliss-reactive ketones (excluding diaryl/α,β-unsaturated/α-hetero) is 1. The van der Waals surface area contributed by atoms with Crippen LogP contribution in [0.15, 0.2) is 12.4 Å². The molecule has 0 spiro atoms. The molecular weight excluding hydrogens is 214 g/mol. The van der Waals surface area contributed by atoms with Crippen LogP contribution in [0.25, 0.3) is 0 Å². The Morgan fingerprint density at radius 1 is 1.65 bits per heavy atom. The van der Waals surface area contributed by atoms with Crippen molar-refractivity contribution >= 4 is 5.78 Å². The van der Waals surface area contributed by atoms with E-state index in [0.29, 0.717) is 12.3 Å². The summed E-state index contributed by atoms with van der Waals surface area (Å²) >= 11 is 0. The van der Waals surface area contributed by atoms with Crippen LogP contribution in [-0.2, 0) is 6.54 Å². The van der Waals surface area contributed by atoms with E-state index in [4.69, 9.17) is 0 Å². The summed E-state index contributed by atoms with van der Waals surface area (Å²) < 4.78 is 1.85. The highest BCUT2D eigenvalue weighted by atomic mass is 16.1. The summed E-state index contributed by atoms with van der Waals surface area (Å²) in [4.78, 5) is 12.0. The largest absolute Gasteiger partial charge is 0.316 e. The molecule has 1 fully saturated rings. The van der Waals surface area contributed by atoms with Crippen LogP contribution in [0.1, 0.15) is 43.0 Å². The van der Waals surface area contributed by atoms with Crippen molar-refractivity contribution in [3.8, 4) is 0 Å². The SMILES string of the molecule is CCCn1cc(C(=O)CC2CCCNC2)cn1. The predicted molar refractivity (Wildman–Crippen MR) is 67.1 cm³/mol. The second-order valence-electron chi connectivity index (χ2n) is 4.83. The number of piperidine rings is 1. The van der Waals surface area contributed by atoms with Gasteiger partial charge in [-0.2, -0.15) is 5.10 Å². The van der Waals surface area contributed by atoms with Crippen LogP contribution in [-0.4, -0.2) is 28.7 Å². The number of nitrogens with zero attached hydrogens (tertiary/aromatic N) is 2. The molecule has 4 nitrogen and oxygen atoms in total. The van der Waals surface area contributed by atoms with Crippen molar-refractivity contribution in [1.82, 2.24) is 15.1 Å². The van der Waals surface area contributed by atoms with Gasteiger partial charge in [0.05, 0.1) is 11.8 Å². The lowest BCUT2D eigenvalue weighted by Gasteiger charge is -2.21. The normalized spacial score (nSPS) is 20.4. The maximum atomic E-state index is 12.0. The molecule has 94 valence electrons. The number of aromatic nitrogens is 2. The fourth-order valence-electron chi connectivity index (χ4n) is 2.34. The Balaban J connectivity index is 1.89. The molecule has 1 saturated heterocycles. The first kappa shape index (κ1) is 12.3. The molecule has 2 heterocycles. The zero-order valence-electron chi connectivity index (χ0n) is 10.5. The second kappa shape index (κ2) is 5.96. The minimum Gasteiger partial charge on any atom is -0.316 e. The monoisotopic (exact) mass is 235 g/mol. The highest BCUT2D eigenvalue weighted by molar-refractivity contribution is 5.95. The molecule has 0 saturated carbocycles. The predicted octanol–water partition coefficient (Wildman–Crippen LogP) is 1.87. The molecule has 1 atom stereocenters. The average molecular weight is 235 g/mol. The standard InChI is InChI=1S/C13H21N3O/c1-2-6-16-10-12(9-15-16)13(17)7-11-4-3-5-14-8-11/h9-11,14H,2-8H2,1H3. The average Bonchev–Trinajstić information content (AvgIpc) is 2.79. The molecule has 1 aliphatic rings. The number of carbonyl (C=O) groups excluding carboxylic acids is 1. The van der Waals surface area contributed by atoms with E-state index in [1.807, 2.05) is 10.9 Å². The molecule has 4 heteroatoms. The third-order valence-electron chi connectivity index (χ3n) is 3.28. The fraction of sp³-hybridized carbons (Fsp3) is 0.692. The molecule has 17 heavy (non-hydrogen) atoms. The maximum Gasteiger partial charge on any atom is 0.166 e. The topological polar surface area (TPSA) is 46.9 Å². The van der Waals surface area contributed by atoms with Crippen LogP contribution in [0.5, 0.6) is 0 Å². The van der Waals surface area contributed by atoms with Gasteiger partial charge in [0.25, 0.3) is 0 Å². The highest BCUT2D eigenvalue weighted by Crippen LogP contribution is 2.17. The molecule has 0 aromatic carbocycles. The third kappa shape index (κ3) is 3.40. The summed E-state index contributed by atoms with van der Waals surface area (Å²) in [5.74, 6) is 0.742. The van der Waals surface area contributed by atoms with Crippen molar-refractivity contribution in [1.29, 1.82) is 0 Å². The summed E-state index contributed by atoms with van der Waals surface area (Å²) in [5.41, 5.74) is 0.768. The second-order valence-corrected chi connectivity index (χ2v) is 4.83.